The third-order valence-corrected chi connectivity index (χ3v) is 4.64. The molecule has 0 atom stereocenters. The number of rotatable bonds is 6. The average Bonchev–Trinajstić information content (AvgIpc) is 3.09. The minimum Gasteiger partial charge on any atom is -0.352 e. The van der Waals surface area contributed by atoms with Crippen molar-refractivity contribution < 1.29 is 9.59 Å². The van der Waals surface area contributed by atoms with Crippen molar-refractivity contribution in [1.29, 1.82) is 0 Å². The van der Waals surface area contributed by atoms with Crippen LogP contribution in [0.5, 0.6) is 0 Å². The molecule has 0 unspecified atom stereocenters. The van der Waals surface area contributed by atoms with Crippen molar-refractivity contribution in [2.75, 3.05) is 6.54 Å². The van der Waals surface area contributed by atoms with Gasteiger partial charge in [-0.1, -0.05) is 49.6 Å². The highest BCUT2D eigenvalue weighted by Gasteiger charge is 2.17. The molecule has 1 saturated carbocycles. The van der Waals surface area contributed by atoms with Crippen molar-refractivity contribution in [3.05, 3.63) is 59.9 Å². The summed E-state index contributed by atoms with van der Waals surface area (Å²) < 4.78 is 1.89. The summed E-state index contributed by atoms with van der Waals surface area (Å²) in [6, 6.07) is 13.9. The van der Waals surface area contributed by atoms with Crippen LogP contribution >= 0.6 is 0 Å². The molecule has 0 spiro atoms. The molecular formula is C20H25N3O2. The number of aromatic nitrogens is 1. The summed E-state index contributed by atoms with van der Waals surface area (Å²) in [7, 11) is 0. The molecule has 2 aromatic rings. The van der Waals surface area contributed by atoms with E-state index in [4.69, 9.17) is 0 Å². The third-order valence-electron chi connectivity index (χ3n) is 4.64. The molecule has 1 aliphatic carbocycles. The van der Waals surface area contributed by atoms with E-state index >= 15 is 0 Å². The van der Waals surface area contributed by atoms with Crippen LogP contribution in [0, 0.1) is 0 Å². The van der Waals surface area contributed by atoms with E-state index in [0.29, 0.717) is 12.2 Å². The number of amides is 2. The summed E-state index contributed by atoms with van der Waals surface area (Å²) >= 11 is 0. The van der Waals surface area contributed by atoms with Crippen LogP contribution in [0.25, 0.3) is 0 Å². The van der Waals surface area contributed by atoms with Gasteiger partial charge < -0.3 is 15.2 Å². The molecule has 0 radical (unpaired) electrons. The predicted molar refractivity (Wildman–Crippen MR) is 97.3 cm³/mol. The Hall–Kier alpha value is -2.56. The SMILES string of the molecule is O=C(CNC(=O)c1cccn1Cc1ccccc1)NC1CCCCC1. The standard InChI is InChI=1S/C20H25N3O2/c24-19(22-17-10-5-2-6-11-17)14-21-20(25)18-12-7-13-23(18)15-16-8-3-1-4-9-16/h1,3-4,7-9,12-13,17H,2,5-6,10-11,14-15H2,(H,21,25)(H,22,24). The monoisotopic (exact) mass is 339 g/mol. The quantitative estimate of drug-likeness (QED) is 0.850. The Labute approximate surface area is 148 Å². The maximum atomic E-state index is 12.4. The van der Waals surface area contributed by atoms with Crippen LogP contribution in [0.1, 0.15) is 48.2 Å². The fourth-order valence-electron chi connectivity index (χ4n) is 3.31. The van der Waals surface area contributed by atoms with E-state index < -0.39 is 0 Å². The Morgan fingerprint density at radius 1 is 1.00 bits per heavy atom. The van der Waals surface area contributed by atoms with Crippen molar-refractivity contribution in [1.82, 2.24) is 15.2 Å². The Kier molecular flexibility index (Phi) is 5.88. The van der Waals surface area contributed by atoms with Gasteiger partial charge in [-0.05, 0) is 30.5 Å². The summed E-state index contributed by atoms with van der Waals surface area (Å²) in [5.41, 5.74) is 1.69. The van der Waals surface area contributed by atoms with Crippen molar-refractivity contribution in [3.8, 4) is 0 Å². The smallest absolute Gasteiger partial charge is 0.268 e. The predicted octanol–water partition coefficient (Wildman–Crippen LogP) is 2.72. The van der Waals surface area contributed by atoms with E-state index in [1.54, 1.807) is 6.07 Å². The minimum atomic E-state index is -0.222. The Balaban J connectivity index is 1.51. The molecule has 1 fully saturated rings. The van der Waals surface area contributed by atoms with E-state index in [1.807, 2.05) is 47.2 Å². The van der Waals surface area contributed by atoms with Crippen molar-refractivity contribution in [2.24, 2.45) is 0 Å². The minimum absolute atomic E-state index is 0.0197. The van der Waals surface area contributed by atoms with Gasteiger partial charge in [0.15, 0.2) is 0 Å². The van der Waals surface area contributed by atoms with E-state index in [-0.39, 0.29) is 24.4 Å². The second kappa shape index (κ2) is 8.51. The van der Waals surface area contributed by atoms with Crippen LogP contribution in [0.15, 0.2) is 48.7 Å². The van der Waals surface area contributed by atoms with Crippen LogP contribution in [0.4, 0.5) is 0 Å². The molecule has 2 N–H and O–H groups in total. The zero-order valence-electron chi connectivity index (χ0n) is 14.4. The Bertz CT molecular complexity index is 703. The average molecular weight is 339 g/mol. The largest absolute Gasteiger partial charge is 0.352 e. The maximum absolute atomic E-state index is 12.4. The summed E-state index contributed by atoms with van der Waals surface area (Å²) in [5, 5.41) is 5.74. The second-order valence-electron chi connectivity index (χ2n) is 6.59. The number of carbonyl (C=O) groups excluding carboxylic acids is 2. The molecule has 2 amide bonds. The van der Waals surface area contributed by atoms with E-state index in [1.165, 1.54) is 19.3 Å². The highest BCUT2D eigenvalue weighted by molar-refractivity contribution is 5.95. The normalized spacial score (nSPS) is 14.9. The van der Waals surface area contributed by atoms with Gasteiger partial charge >= 0.3 is 0 Å². The summed E-state index contributed by atoms with van der Waals surface area (Å²) in [4.78, 5) is 24.4. The first-order chi connectivity index (χ1) is 12.2. The number of hydrogen-bond donors (Lipinski definition) is 2. The first-order valence-electron chi connectivity index (χ1n) is 8.99. The van der Waals surface area contributed by atoms with E-state index in [2.05, 4.69) is 10.6 Å². The first-order valence-corrected chi connectivity index (χ1v) is 8.99. The van der Waals surface area contributed by atoms with Gasteiger partial charge in [0.25, 0.3) is 5.91 Å². The number of hydrogen-bond acceptors (Lipinski definition) is 2. The maximum Gasteiger partial charge on any atom is 0.268 e. The zero-order valence-corrected chi connectivity index (χ0v) is 14.4. The third kappa shape index (κ3) is 4.95. The summed E-state index contributed by atoms with van der Waals surface area (Å²) in [6.07, 6.45) is 7.55. The Morgan fingerprint density at radius 2 is 1.76 bits per heavy atom. The second-order valence-corrected chi connectivity index (χ2v) is 6.59. The molecule has 1 heterocycles. The topological polar surface area (TPSA) is 63.1 Å². The summed E-state index contributed by atoms with van der Waals surface area (Å²) in [5.74, 6) is -0.332. The highest BCUT2D eigenvalue weighted by Crippen LogP contribution is 2.17. The van der Waals surface area contributed by atoms with Crippen LogP contribution in [-0.2, 0) is 11.3 Å². The molecule has 3 rings (SSSR count). The van der Waals surface area contributed by atoms with Crippen molar-refractivity contribution in [3.63, 3.8) is 0 Å². The van der Waals surface area contributed by atoms with Crippen molar-refractivity contribution in [2.45, 2.75) is 44.7 Å². The van der Waals surface area contributed by atoms with E-state index in [9.17, 15) is 9.59 Å². The first kappa shape index (κ1) is 17.3. The number of nitrogens with zero attached hydrogens (tertiary/aromatic N) is 1. The van der Waals surface area contributed by atoms with E-state index in [0.717, 1.165) is 18.4 Å². The molecule has 0 aliphatic heterocycles. The number of carbonyl (C=O) groups is 2. The lowest BCUT2D eigenvalue weighted by atomic mass is 9.95. The number of benzene rings is 1. The fourth-order valence-corrected chi connectivity index (χ4v) is 3.31. The number of nitrogens with one attached hydrogen (secondary N) is 2. The fraction of sp³-hybridized carbons (Fsp3) is 0.400. The molecule has 25 heavy (non-hydrogen) atoms. The van der Waals surface area contributed by atoms with Gasteiger partial charge in [0.1, 0.15) is 5.69 Å². The van der Waals surface area contributed by atoms with Crippen molar-refractivity contribution >= 4 is 11.8 Å². The highest BCUT2D eigenvalue weighted by atomic mass is 16.2. The molecule has 1 aromatic carbocycles. The Morgan fingerprint density at radius 3 is 2.52 bits per heavy atom. The molecule has 0 bridgehead atoms. The molecule has 0 saturated heterocycles. The lowest BCUT2D eigenvalue weighted by Gasteiger charge is -2.22. The van der Waals surface area contributed by atoms with Gasteiger partial charge in [0.2, 0.25) is 5.91 Å². The molecule has 5 nitrogen and oxygen atoms in total. The summed E-state index contributed by atoms with van der Waals surface area (Å²) in [6.45, 7) is 0.650. The lowest BCUT2D eigenvalue weighted by molar-refractivity contribution is -0.121. The molecule has 5 heteroatoms. The van der Waals surface area contributed by atoms with Gasteiger partial charge in [-0.3, -0.25) is 9.59 Å². The van der Waals surface area contributed by atoms with Gasteiger partial charge in [0, 0.05) is 18.8 Å². The molecule has 1 aliphatic rings. The lowest BCUT2D eigenvalue weighted by Crippen LogP contribution is -2.43. The zero-order chi connectivity index (χ0) is 17.5. The molecule has 132 valence electrons. The van der Waals surface area contributed by atoms with Gasteiger partial charge in [-0.2, -0.15) is 0 Å². The van der Waals surface area contributed by atoms with Gasteiger partial charge in [0.05, 0.1) is 6.54 Å². The van der Waals surface area contributed by atoms with Crippen LogP contribution in [0.2, 0.25) is 0 Å². The molecule has 1 aromatic heterocycles. The molecular weight excluding hydrogens is 314 g/mol. The van der Waals surface area contributed by atoms with Crippen LogP contribution in [-0.4, -0.2) is 29.0 Å². The van der Waals surface area contributed by atoms with Crippen LogP contribution < -0.4 is 10.6 Å². The van der Waals surface area contributed by atoms with Gasteiger partial charge in [-0.25, -0.2) is 0 Å². The van der Waals surface area contributed by atoms with Gasteiger partial charge in [-0.15, -0.1) is 0 Å². The van der Waals surface area contributed by atoms with Crippen LogP contribution in [0.3, 0.4) is 0 Å².